The maximum Gasteiger partial charge on any atom is 0.328 e. The van der Waals surface area contributed by atoms with Crippen molar-refractivity contribution in [3.63, 3.8) is 0 Å². The Labute approximate surface area is 94.8 Å². The normalized spacial score (nSPS) is 21.0. The molecule has 2 amide bonds. The van der Waals surface area contributed by atoms with Crippen LogP contribution in [0.3, 0.4) is 0 Å². The van der Waals surface area contributed by atoms with Crippen molar-refractivity contribution in [2.45, 2.75) is 25.9 Å². The largest absolute Gasteiger partial charge is 0.480 e. The number of hydrogen-bond donors (Lipinski definition) is 1. The van der Waals surface area contributed by atoms with Crippen LogP contribution >= 0.6 is 0 Å². The van der Waals surface area contributed by atoms with E-state index >= 15 is 0 Å². The summed E-state index contributed by atoms with van der Waals surface area (Å²) >= 11 is 0. The van der Waals surface area contributed by atoms with Gasteiger partial charge >= 0.3 is 12.0 Å². The lowest BCUT2D eigenvalue weighted by atomic mass is 10.2. The zero-order chi connectivity index (χ0) is 12.3. The quantitative estimate of drug-likeness (QED) is 0.737. The smallest absolute Gasteiger partial charge is 0.328 e. The highest BCUT2D eigenvalue weighted by Crippen LogP contribution is 2.11. The van der Waals surface area contributed by atoms with Gasteiger partial charge in [-0.15, -0.1) is 0 Å². The van der Waals surface area contributed by atoms with Gasteiger partial charge < -0.3 is 19.6 Å². The first-order chi connectivity index (χ1) is 7.45. The fraction of sp³-hybridized carbons (Fsp3) is 0.800. The summed E-state index contributed by atoms with van der Waals surface area (Å²) in [7, 11) is 1.67. The van der Waals surface area contributed by atoms with Crippen LogP contribution in [0.1, 0.15) is 13.8 Å². The van der Waals surface area contributed by atoms with Gasteiger partial charge in [-0.2, -0.15) is 0 Å². The molecule has 0 aromatic carbocycles. The molecule has 0 aromatic heterocycles. The molecule has 6 nitrogen and oxygen atoms in total. The van der Waals surface area contributed by atoms with Crippen molar-refractivity contribution in [2.75, 3.05) is 26.8 Å². The third-order valence-electron chi connectivity index (χ3n) is 2.74. The maximum absolute atomic E-state index is 12.0. The number of hydrogen-bond acceptors (Lipinski definition) is 3. The number of amides is 2. The molecular weight excluding hydrogens is 212 g/mol. The lowest BCUT2D eigenvalue weighted by Crippen LogP contribution is -2.56. The van der Waals surface area contributed by atoms with Crippen LogP contribution in [-0.2, 0) is 9.53 Å². The van der Waals surface area contributed by atoms with Crippen molar-refractivity contribution in [1.29, 1.82) is 0 Å². The van der Waals surface area contributed by atoms with Crippen LogP contribution in [-0.4, -0.2) is 65.8 Å². The van der Waals surface area contributed by atoms with Gasteiger partial charge in [-0.05, 0) is 13.8 Å². The molecule has 92 valence electrons. The first-order valence-electron chi connectivity index (χ1n) is 5.29. The van der Waals surface area contributed by atoms with Crippen molar-refractivity contribution in [3.8, 4) is 0 Å². The van der Waals surface area contributed by atoms with Crippen molar-refractivity contribution >= 4 is 12.0 Å². The Balaban J connectivity index is 2.75. The molecule has 0 radical (unpaired) electrons. The van der Waals surface area contributed by atoms with Crippen molar-refractivity contribution in [3.05, 3.63) is 0 Å². The predicted octanol–water partition coefficient (Wildman–Crippen LogP) is 0.232. The van der Waals surface area contributed by atoms with E-state index in [1.807, 2.05) is 13.8 Å². The topological polar surface area (TPSA) is 70.1 Å². The molecule has 1 heterocycles. The van der Waals surface area contributed by atoms with Crippen LogP contribution in [0.25, 0.3) is 0 Å². The number of carboxylic acids is 1. The minimum atomic E-state index is -1.02. The fourth-order valence-electron chi connectivity index (χ4n) is 1.46. The number of urea groups is 1. The minimum absolute atomic E-state index is 0.0461. The summed E-state index contributed by atoms with van der Waals surface area (Å²) < 4.78 is 5.07. The van der Waals surface area contributed by atoms with Crippen molar-refractivity contribution in [1.82, 2.24) is 9.80 Å². The molecule has 16 heavy (non-hydrogen) atoms. The van der Waals surface area contributed by atoms with E-state index in [1.54, 1.807) is 7.05 Å². The summed E-state index contributed by atoms with van der Waals surface area (Å²) in [5.41, 5.74) is 0. The third-order valence-corrected chi connectivity index (χ3v) is 2.74. The Bertz CT molecular complexity index is 280. The highest BCUT2D eigenvalue weighted by Gasteiger charge is 2.34. The Kier molecular flexibility index (Phi) is 4.12. The van der Waals surface area contributed by atoms with Gasteiger partial charge in [-0.25, -0.2) is 9.59 Å². The monoisotopic (exact) mass is 230 g/mol. The summed E-state index contributed by atoms with van der Waals surface area (Å²) in [6.45, 7) is 4.55. The molecule has 0 spiro atoms. The van der Waals surface area contributed by atoms with E-state index in [9.17, 15) is 9.59 Å². The van der Waals surface area contributed by atoms with Gasteiger partial charge in [0.15, 0.2) is 6.04 Å². The van der Waals surface area contributed by atoms with Crippen LogP contribution in [0, 0.1) is 0 Å². The van der Waals surface area contributed by atoms with Gasteiger partial charge in [0.25, 0.3) is 0 Å². The molecular formula is C10H18N2O4. The first kappa shape index (κ1) is 12.8. The molecule has 1 atom stereocenters. The average molecular weight is 230 g/mol. The van der Waals surface area contributed by atoms with Crippen LogP contribution in [0.15, 0.2) is 0 Å². The van der Waals surface area contributed by atoms with Crippen LogP contribution in [0.2, 0.25) is 0 Å². The van der Waals surface area contributed by atoms with E-state index in [4.69, 9.17) is 9.84 Å². The van der Waals surface area contributed by atoms with E-state index < -0.39 is 12.0 Å². The predicted molar refractivity (Wildman–Crippen MR) is 57.2 cm³/mol. The molecule has 1 aliphatic rings. The molecule has 0 bridgehead atoms. The lowest BCUT2D eigenvalue weighted by Gasteiger charge is -2.36. The average Bonchev–Trinajstić information content (AvgIpc) is 2.26. The lowest BCUT2D eigenvalue weighted by molar-refractivity contribution is -0.147. The second kappa shape index (κ2) is 5.16. The molecule has 1 rings (SSSR count). The number of carbonyl (C=O) groups excluding carboxylic acids is 1. The second-order valence-electron chi connectivity index (χ2n) is 4.11. The Morgan fingerprint density at radius 2 is 2.12 bits per heavy atom. The summed E-state index contributed by atoms with van der Waals surface area (Å²) in [6, 6.07) is -1.09. The van der Waals surface area contributed by atoms with Gasteiger partial charge in [0.05, 0.1) is 13.2 Å². The van der Waals surface area contributed by atoms with E-state index in [2.05, 4.69) is 0 Å². The molecule has 1 saturated heterocycles. The number of carbonyl (C=O) groups is 2. The van der Waals surface area contributed by atoms with Gasteiger partial charge in [0.2, 0.25) is 0 Å². The fourth-order valence-corrected chi connectivity index (χ4v) is 1.46. The van der Waals surface area contributed by atoms with Crippen LogP contribution < -0.4 is 0 Å². The molecule has 0 aliphatic carbocycles. The number of aliphatic carboxylic acids is 1. The van der Waals surface area contributed by atoms with E-state index in [-0.39, 0.29) is 18.7 Å². The zero-order valence-electron chi connectivity index (χ0n) is 9.84. The number of ether oxygens (including phenoxy) is 1. The van der Waals surface area contributed by atoms with Gasteiger partial charge in [0.1, 0.15) is 0 Å². The zero-order valence-corrected chi connectivity index (χ0v) is 9.84. The SMILES string of the molecule is CC(C)N(C)C(=O)N1CCOCC1C(=O)O. The molecule has 6 heteroatoms. The molecule has 0 aromatic rings. The molecule has 0 saturated carbocycles. The summed E-state index contributed by atoms with van der Waals surface area (Å²) in [4.78, 5) is 25.8. The van der Waals surface area contributed by atoms with Gasteiger partial charge in [-0.1, -0.05) is 0 Å². The molecule has 1 N–H and O–H groups in total. The van der Waals surface area contributed by atoms with Crippen molar-refractivity contribution in [2.24, 2.45) is 0 Å². The van der Waals surface area contributed by atoms with Gasteiger partial charge in [-0.3, -0.25) is 0 Å². The summed E-state index contributed by atoms with van der Waals surface area (Å²) in [6.07, 6.45) is 0. The van der Waals surface area contributed by atoms with Crippen molar-refractivity contribution < 1.29 is 19.4 Å². The van der Waals surface area contributed by atoms with Gasteiger partial charge in [0, 0.05) is 19.6 Å². The molecule has 1 aliphatic heterocycles. The highest BCUT2D eigenvalue weighted by molar-refractivity contribution is 5.83. The summed E-state index contributed by atoms with van der Waals surface area (Å²) in [5.74, 6) is -1.02. The minimum Gasteiger partial charge on any atom is -0.480 e. The maximum atomic E-state index is 12.0. The number of morpholine rings is 1. The first-order valence-corrected chi connectivity index (χ1v) is 5.29. The van der Waals surface area contributed by atoms with E-state index in [0.29, 0.717) is 13.2 Å². The van der Waals surface area contributed by atoms with E-state index in [0.717, 1.165) is 0 Å². The standard InChI is InChI=1S/C10H18N2O4/c1-7(2)11(3)10(15)12-4-5-16-6-8(12)9(13)14/h7-8H,4-6H2,1-3H3,(H,13,14). The highest BCUT2D eigenvalue weighted by atomic mass is 16.5. The Hall–Kier alpha value is -1.30. The molecule has 1 fully saturated rings. The summed E-state index contributed by atoms with van der Waals surface area (Å²) in [5, 5.41) is 8.99. The van der Waals surface area contributed by atoms with E-state index in [1.165, 1.54) is 9.80 Å². The third kappa shape index (κ3) is 2.63. The Morgan fingerprint density at radius 1 is 1.50 bits per heavy atom. The van der Waals surface area contributed by atoms with Crippen LogP contribution in [0.5, 0.6) is 0 Å². The Morgan fingerprint density at radius 3 is 2.62 bits per heavy atom. The number of carboxylic acid groups (broad SMARTS) is 1. The molecule has 1 unspecified atom stereocenters. The number of nitrogens with zero attached hydrogens (tertiary/aromatic N) is 2. The number of rotatable bonds is 2. The second-order valence-corrected chi connectivity index (χ2v) is 4.11. The van der Waals surface area contributed by atoms with Crippen LogP contribution in [0.4, 0.5) is 4.79 Å².